The van der Waals surface area contributed by atoms with Gasteiger partial charge in [-0.2, -0.15) is 11.8 Å². The average molecular weight is 397 g/mol. The van der Waals surface area contributed by atoms with Crippen LogP contribution in [-0.2, 0) is 32.1 Å². The smallest absolute Gasteiger partial charge is 0.408 e. The summed E-state index contributed by atoms with van der Waals surface area (Å²) in [5.41, 5.74) is 0.746. The number of esters is 1. The van der Waals surface area contributed by atoms with Crippen molar-refractivity contribution in [2.75, 3.05) is 12.0 Å². The molecule has 0 aliphatic rings. The summed E-state index contributed by atoms with van der Waals surface area (Å²) in [6, 6.07) is 6.00. The first-order valence-electron chi connectivity index (χ1n) is 8.55. The molecule has 150 valence electrons. The highest BCUT2D eigenvalue weighted by Crippen LogP contribution is 2.11. The van der Waals surface area contributed by atoms with Gasteiger partial charge in [0.15, 0.2) is 0 Å². The quantitative estimate of drug-likeness (QED) is 0.618. The van der Waals surface area contributed by atoms with Crippen LogP contribution in [-0.4, -0.2) is 46.8 Å². The van der Waals surface area contributed by atoms with Crippen LogP contribution in [0.1, 0.15) is 38.3 Å². The van der Waals surface area contributed by atoms with E-state index in [1.807, 2.05) is 6.26 Å². The maximum atomic E-state index is 12.4. The molecule has 0 aromatic heterocycles. The van der Waals surface area contributed by atoms with E-state index in [-0.39, 0.29) is 13.0 Å². The number of alkyl carbamates (subject to hydrolysis) is 1. The summed E-state index contributed by atoms with van der Waals surface area (Å²) in [6.07, 6.45) is 1.62. The lowest BCUT2D eigenvalue weighted by Crippen LogP contribution is -2.44. The maximum absolute atomic E-state index is 12.4. The number of carboxylic acid groups (broad SMARTS) is 1. The van der Waals surface area contributed by atoms with Crippen LogP contribution in [0.25, 0.3) is 0 Å². The molecule has 1 amide bonds. The van der Waals surface area contributed by atoms with E-state index in [1.165, 1.54) is 0 Å². The molecule has 0 fully saturated rings. The van der Waals surface area contributed by atoms with Crippen molar-refractivity contribution >= 4 is 29.8 Å². The van der Waals surface area contributed by atoms with E-state index in [4.69, 9.17) is 14.6 Å². The number of carbonyl (C=O) groups excluding carboxylic acids is 2. The van der Waals surface area contributed by atoms with Crippen molar-refractivity contribution < 1.29 is 29.0 Å². The van der Waals surface area contributed by atoms with E-state index in [0.717, 1.165) is 5.56 Å². The molecule has 0 aliphatic carbocycles. The van der Waals surface area contributed by atoms with Gasteiger partial charge in [0.05, 0.1) is 6.42 Å². The van der Waals surface area contributed by atoms with Gasteiger partial charge in [-0.15, -0.1) is 0 Å². The SMILES string of the molecule is CSCC[C@H](NC(=O)OC(C)(C)C)C(=O)OCc1ccc(CC(=O)O)cc1. The molecule has 8 heteroatoms. The zero-order valence-electron chi connectivity index (χ0n) is 16.1. The summed E-state index contributed by atoms with van der Waals surface area (Å²) in [5, 5.41) is 11.3. The van der Waals surface area contributed by atoms with Crippen molar-refractivity contribution in [2.24, 2.45) is 0 Å². The number of ether oxygens (including phenoxy) is 2. The van der Waals surface area contributed by atoms with Crippen LogP contribution in [0.3, 0.4) is 0 Å². The summed E-state index contributed by atoms with van der Waals surface area (Å²) >= 11 is 1.56. The molecule has 27 heavy (non-hydrogen) atoms. The third-order valence-corrected chi connectivity index (χ3v) is 3.99. The third-order valence-electron chi connectivity index (χ3n) is 3.35. The molecule has 0 heterocycles. The van der Waals surface area contributed by atoms with Gasteiger partial charge in [0, 0.05) is 0 Å². The van der Waals surface area contributed by atoms with Crippen molar-refractivity contribution in [2.45, 2.75) is 51.9 Å². The molecular formula is C19H27NO6S. The normalized spacial score (nSPS) is 12.1. The number of amides is 1. The fourth-order valence-corrected chi connectivity index (χ4v) is 2.59. The molecule has 0 saturated carbocycles. The van der Waals surface area contributed by atoms with Crippen LogP contribution in [0.15, 0.2) is 24.3 Å². The van der Waals surface area contributed by atoms with Crippen molar-refractivity contribution in [3.05, 3.63) is 35.4 Å². The van der Waals surface area contributed by atoms with E-state index >= 15 is 0 Å². The zero-order chi connectivity index (χ0) is 20.4. The van der Waals surface area contributed by atoms with E-state index in [0.29, 0.717) is 17.7 Å². The van der Waals surface area contributed by atoms with Gasteiger partial charge in [-0.1, -0.05) is 24.3 Å². The fourth-order valence-electron chi connectivity index (χ4n) is 2.12. The Morgan fingerprint density at radius 3 is 2.26 bits per heavy atom. The predicted octanol–water partition coefficient (Wildman–Crippen LogP) is 3.00. The number of nitrogens with one attached hydrogen (secondary N) is 1. The Morgan fingerprint density at radius 2 is 1.74 bits per heavy atom. The standard InChI is InChI=1S/C19H27NO6S/c1-19(2,3)26-18(24)20-15(9-10-27-4)17(23)25-12-14-7-5-13(6-8-14)11-16(21)22/h5-8,15H,9-12H2,1-4H3,(H,20,24)(H,21,22)/t15-/m0/s1. The second-order valence-corrected chi connectivity index (χ2v) is 7.96. The average Bonchev–Trinajstić information content (AvgIpc) is 2.55. The van der Waals surface area contributed by atoms with Crippen molar-refractivity contribution in [3.8, 4) is 0 Å². The molecular weight excluding hydrogens is 370 g/mol. The predicted molar refractivity (Wildman–Crippen MR) is 104 cm³/mol. The Morgan fingerprint density at radius 1 is 1.15 bits per heavy atom. The molecule has 0 spiro atoms. The second kappa shape index (κ2) is 10.8. The van der Waals surface area contributed by atoms with Gasteiger partial charge in [0.2, 0.25) is 0 Å². The number of rotatable bonds is 9. The molecule has 0 radical (unpaired) electrons. The molecule has 0 aliphatic heterocycles. The Kier molecular flexibility index (Phi) is 9.14. The summed E-state index contributed by atoms with van der Waals surface area (Å²) in [6.45, 7) is 5.28. The Bertz CT molecular complexity index is 639. The molecule has 1 rings (SSSR count). The lowest BCUT2D eigenvalue weighted by molar-refractivity contribution is -0.147. The highest BCUT2D eigenvalue weighted by molar-refractivity contribution is 7.98. The van der Waals surface area contributed by atoms with Crippen molar-refractivity contribution in [1.29, 1.82) is 0 Å². The number of thioether (sulfide) groups is 1. The van der Waals surface area contributed by atoms with E-state index in [2.05, 4.69) is 5.32 Å². The number of benzene rings is 1. The number of aliphatic carboxylic acids is 1. The van der Waals surface area contributed by atoms with Crippen LogP contribution >= 0.6 is 11.8 Å². The summed E-state index contributed by atoms with van der Waals surface area (Å²) in [7, 11) is 0. The van der Waals surface area contributed by atoms with Gasteiger partial charge >= 0.3 is 18.0 Å². The number of carbonyl (C=O) groups is 3. The van der Waals surface area contributed by atoms with E-state index < -0.39 is 29.7 Å². The second-order valence-electron chi connectivity index (χ2n) is 6.98. The Hall–Kier alpha value is -2.22. The maximum Gasteiger partial charge on any atom is 0.408 e. The highest BCUT2D eigenvalue weighted by Gasteiger charge is 2.25. The molecule has 1 aromatic carbocycles. The third kappa shape index (κ3) is 9.89. The minimum Gasteiger partial charge on any atom is -0.481 e. The Labute approximate surface area is 163 Å². The first kappa shape index (κ1) is 22.8. The molecule has 0 unspecified atom stereocenters. The summed E-state index contributed by atoms with van der Waals surface area (Å²) in [5.74, 6) is -0.761. The van der Waals surface area contributed by atoms with Crippen molar-refractivity contribution in [3.63, 3.8) is 0 Å². The van der Waals surface area contributed by atoms with Gasteiger partial charge in [-0.25, -0.2) is 9.59 Å². The van der Waals surface area contributed by atoms with Crippen molar-refractivity contribution in [1.82, 2.24) is 5.32 Å². The van der Waals surface area contributed by atoms with Crippen LogP contribution in [0.5, 0.6) is 0 Å². The van der Waals surface area contributed by atoms with Gasteiger partial charge in [-0.05, 0) is 50.3 Å². The minimum absolute atomic E-state index is 0.0396. The highest BCUT2D eigenvalue weighted by atomic mass is 32.2. The lowest BCUT2D eigenvalue weighted by Gasteiger charge is -2.22. The lowest BCUT2D eigenvalue weighted by atomic mass is 10.1. The number of hydrogen-bond donors (Lipinski definition) is 2. The Balaban J connectivity index is 2.62. The van der Waals surface area contributed by atoms with Gasteiger partial charge in [-0.3, -0.25) is 4.79 Å². The summed E-state index contributed by atoms with van der Waals surface area (Å²) in [4.78, 5) is 35.0. The minimum atomic E-state index is -0.904. The molecule has 2 N–H and O–H groups in total. The first-order valence-corrected chi connectivity index (χ1v) is 9.95. The van der Waals surface area contributed by atoms with Crippen LogP contribution in [0.2, 0.25) is 0 Å². The first-order chi connectivity index (χ1) is 12.6. The molecule has 1 aromatic rings. The van der Waals surface area contributed by atoms with E-state index in [1.54, 1.807) is 56.8 Å². The largest absolute Gasteiger partial charge is 0.481 e. The topological polar surface area (TPSA) is 102 Å². The fraction of sp³-hybridized carbons (Fsp3) is 0.526. The van der Waals surface area contributed by atoms with Gasteiger partial charge in [0.25, 0.3) is 0 Å². The monoisotopic (exact) mass is 397 g/mol. The van der Waals surface area contributed by atoms with E-state index in [9.17, 15) is 14.4 Å². The van der Waals surface area contributed by atoms with Crippen LogP contribution in [0.4, 0.5) is 4.79 Å². The summed E-state index contributed by atoms with van der Waals surface area (Å²) < 4.78 is 10.5. The van der Waals surface area contributed by atoms with Gasteiger partial charge < -0.3 is 19.9 Å². The zero-order valence-corrected chi connectivity index (χ0v) is 16.9. The molecule has 7 nitrogen and oxygen atoms in total. The van der Waals surface area contributed by atoms with Crippen LogP contribution < -0.4 is 5.32 Å². The molecule has 0 saturated heterocycles. The van der Waals surface area contributed by atoms with Gasteiger partial charge in [0.1, 0.15) is 18.2 Å². The van der Waals surface area contributed by atoms with Crippen LogP contribution in [0, 0.1) is 0 Å². The number of carboxylic acids is 1. The number of hydrogen-bond acceptors (Lipinski definition) is 6. The molecule has 0 bridgehead atoms. The molecule has 1 atom stereocenters.